The zero-order chi connectivity index (χ0) is 17.6. The van der Waals surface area contributed by atoms with Crippen LogP contribution in [0.4, 0.5) is 5.13 Å². The predicted molar refractivity (Wildman–Crippen MR) is 96.6 cm³/mol. The molecule has 25 heavy (non-hydrogen) atoms. The number of methoxy groups -OCH3 is 1. The summed E-state index contributed by atoms with van der Waals surface area (Å²) in [7, 11) is 1.62. The standard InChI is InChI=1S/C17H19N5O2S/c1-3-4-5-15-19-20-17(25-15)18-16(23)14-10-11-22(21-14)12-6-8-13(24-2)9-7-12/h6-11H,3-5H2,1-2H3,(H,18,20,23). The first-order valence-electron chi connectivity index (χ1n) is 8.03. The van der Waals surface area contributed by atoms with Crippen molar-refractivity contribution < 1.29 is 9.53 Å². The third kappa shape index (κ3) is 4.21. The molecule has 0 saturated heterocycles. The van der Waals surface area contributed by atoms with Gasteiger partial charge in [-0.1, -0.05) is 24.7 Å². The summed E-state index contributed by atoms with van der Waals surface area (Å²) in [6.45, 7) is 2.13. The lowest BCUT2D eigenvalue weighted by Gasteiger charge is -2.03. The summed E-state index contributed by atoms with van der Waals surface area (Å²) in [6.07, 6.45) is 4.79. The van der Waals surface area contributed by atoms with Gasteiger partial charge in [-0.15, -0.1) is 10.2 Å². The number of nitrogens with zero attached hydrogens (tertiary/aromatic N) is 4. The number of hydrogen-bond donors (Lipinski definition) is 1. The molecule has 0 fully saturated rings. The van der Waals surface area contributed by atoms with Gasteiger partial charge in [0.2, 0.25) is 5.13 Å². The molecule has 1 aromatic carbocycles. The molecule has 2 aromatic heterocycles. The van der Waals surface area contributed by atoms with E-state index < -0.39 is 0 Å². The number of carbonyl (C=O) groups excluding carboxylic acids is 1. The van der Waals surface area contributed by atoms with E-state index >= 15 is 0 Å². The third-order valence-electron chi connectivity index (χ3n) is 3.59. The Morgan fingerprint density at radius 3 is 2.76 bits per heavy atom. The van der Waals surface area contributed by atoms with E-state index in [9.17, 15) is 4.79 Å². The fourth-order valence-electron chi connectivity index (χ4n) is 2.22. The predicted octanol–water partition coefficient (Wildman–Crippen LogP) is 3.33. The summed E-state index contributed by atoms with van der Waals surface area (Å²) in [4.78, 5) is 12.3. The Morgan fingerprint density at radius 2 is 2.04 bits per heavy atom. The molecule has 0 bridgehead atoms. The van der Waals surface area contributed by atoms with Gasteiger partial charge >= 0.3 is 0 Å². The van der Waals surface area contributed by atoms with Crippen molar-refractivity contribution in [1.82, 2.24) is 20.0 Å². The molecule has 0 radical (unpaired) electrons. The minimum absolute atomic E-state index is 0.301. The summed E-state index contributed by atoms with van der Waals surface area (Å²) in [5, 5.41) is 16.6. The van der Waals surface area contributed by atoms with Crippen molar-refractivity contribution in [2.75, 3.05) is 12.4 Å². The number of amides is 1. The maximum atomic E-state index is 12.3. The second-order valence-corrected chi connectivity index (χ2v) is 6.46. The summed E-state index contributed by atoms with van der Waals surface area (Å²) in [6, 6.07) is 9.10. The Kier molecular flexibility index (Phi) is 5.39. The van der Waals surface area contributed by atoms with Crippen molar-refractivity contribution in [3.8, 4) is 11.4 Å². The summed E-state index contributed by atoms with van der Waals surface area (Å²) < 4.78 is 6.78. The topological polar surface area (TPSA) is 81.9 Å². The van der Waals surface area contributed by atoms with Crippen LogP contribution in [0.5, 0.6) is 5.75 Å². The quantitative estimate of drug-likeness (QED) is 0.701. The molecule has 3 aromatic rings. The fraction of sp³-hybridized carbons (Fsp3) is 0.294. The number of rotatable bonds is 7. The number of aryl methyl sites for hydroxylation is 1. The van der Waals surface area contributed by atoms with Crippen LogP contribution in [0.1, 0.15) is 35.3 Å². The van der Waals surface area contributed by atoms with Gasteiger partial charge in [0.1, 0.15) is 10.8 Å². The van der Waals surface area contributed by atoms with Gasteiger partial charge < -0.3 is 4.74 Å². The number of unbranched alkanes of at least 4 members (excludes halogenated alkanes) is 1. The van der Waals surface area contributed by atoms with Crippen LogP contribution in [0, 0.1) is 0 Å². The molecule has 0 unspecified atom stereocenters. The Labute approximate surface area is 149 Å². The average Bonchev–Trinajstić information content (AvgIpc) is 3.29. The Balaban J connectivity index is 1.66. The lowest BCUT2D eigenvalue weighted by atomic mass is 10.3. The summed E-state index contributed by atoms with van der Waals surface area (Å²) in [5.74, 6) is 0.467. The molecule has 0 aliphatic heterocycles. The van der Waals surface area contributed by atoms with Crippen molar-refractivity contribution in [2.24, 2.45) is 0 Å². The van der Waals surface area contributed by atoms with Gasteiger partial charge in [0.05, 0.1) is 12.8 Å². The molecule has 0 spiro atoms. The minimum Gasteiger partial charge on any atom is -0.497 e. The van der Waals surface area contributed by atoms with Crippen molar-refractivity contribution >= 4 is 22.4 Å². The third-order valence-corrected chi connectivity index (χ3v) is 4.49. The Hall–Kier alpha value is -2.74. The smallest absolute Gasteiger partial charge is 0.277 e. The van der Waals surface area contributed by atoms with Crippen molar-refractivity contribution in [3.63, 3.8) is 0 Å². The summed E-state index contributed by atoms with van der Waals surface area (Å²) in [5.41, 5.74) is 1.17. The largest absolute Gasteiger partial charge is 0.497 e. The van der Waals surface area contributed by atoms with E-state index in [0.29, 0.717) is 10.8 Å². The number of carbonyl (C=O) groups is 1. The van der Waals surface area contributed by atoms with Crippen LogP contribution in [0.3, 0.4) is 0 Å². The van der Waals surface area contributed by atoms with E-state index in [1.54, 1.807) is 24.1 Å². The highest BCUT2D eigenvalue weighted by atomic mass is 32.1. The van der Waals surface area contributed by atoms with Gasteiger partial charge in [0, 0.05) is 12.6 Å². The lowest BCUT2D eigenvalue weighted by Crippen LogP contribution is -2.13. The van der Waals surface area contributed by atoms with E-state index in [2.05, 4.69) is 27.5 Å². The highest BCUT2D eigenvalue weighted by Crippen LogP contribution is 2.18. The van der Waals surface area contributed by atoms with Crippen LogP contribution in [0.25, 0.3) is 5.69 Å². The highest BCUT2D eigenvalue weighted by Gasteiger charge is 2.13. The number of benzene rings is 1. The van der Waals surface area contributed by atoms with E-state index in [0.717, 1.165) is 35.7 Å². The zero-order valence-corrected chi connectivity index (χ0v) is 14.9. The van der Waals surface area contributed by atoms with Crippen LogP contribution in [0.15, 0.2) is 36.5 Å². The molecular formula is C17H19N5O2S. The molecule has 7 nitrogen and oxygen atoms in total. The average molecular weight is 357 g/mol. The van der Waals surface area contributed by atoms with E-state index in [-0.39, 0.29) is 5.91 Å². The van der Waals surface area contributed by atoms with E-state index in [1.165, 1.54) is 11.3 Å². The number of anilines is 1. The van der Waals surface area contributed by atoms with Gasteiger partial charge in [-0.05, 0) is 36.8 Å². The molecule has 0 saturated carbocycles. The SMILES string of the molecule is CCCCc1nnc(NC(=O)c2ccn(-c3ccc(OC)cc3)n2)s1. The van der Waals surface area contributed by atoms with Crippen LogP contribution in [0.2, 0.25) is 0 Å². The number of nitrogens with one attached hydrogen (secondary N) is 1. The first-order valence-corrected chi connectivity index (χ1v) is 8.85. The Bertz CT molecular complexity index is 841. The Morgan fingerprint density at radius 1 is 1.24 bits per heavy atom. The van der Waals surface area contributed by atoms with Crippen LogP contribution in [-0.2, 0) is 6.42 Å². The van der Waals surface area contributed by atoms with Crippen LogP contribution >= 0.6 is 11.3 Å². The van der Waals surface area contributed by atoms with E-state index in [1.807, 2.05) is 24.3 Å². The van der Waals surface area contributed by atoms with Crippen molar-refractivity contribution in [2.45, 2.75) is 26.2 Å². The number of ether oxygens (including phenoxy) is 1. The second-order valence-electron chi connectivity index (χ2n) is 5.40. The fourth-order valence-corrected chi connectivity index (χ4v) is 2.99. The van der Waals surface area contributed by atoms with Gasteiger partial charge in [-0.25, -0.2) is 4.68 Å². The first-order chi connectivity index (χ1) is 12.2. The molecule has 130 valence electrons. The normalized spacial score (nSPS) is 10.6. The highest BCUT2D eigenvalue weighted by molar-refractivity contribution is 7.15. The van der Waals surface area contributed by atoms with Gasteiger partial charge in [0.15, 0.2) is 5.69 Å². The van der Waals surface area contributed by atoms with Gasteiger partial charge in [-0.3, -0.25) is 10.1 Å². The van der Waals surface area contributed by atoms with Gasteiger partial charge in [-0.2, -0.15) is 5.10 Å². The molecule has 2 heterocycles. The molecule has 0 atom stereocenters. The minimum atomic E-state index is -0.301. The second kappa shape index (κ2) is 7.89. The summed E-state index contributed by atoms with van der Waals surface area (Å²) >= 11 is 1.40. The van der Waals surface area contributed by atoms with Crippen molar-refractivity contribution in [3.05, 3.63) is 47.2 Å². The zero-order valence-electron chi connectivity index (χ0n) is 14.1. The van der Waals surface area contributed by atoms with Crippen LogP contribution in [-0.4, -0.2) is 33.0 Å². The van der Waals surface area contributed by atoms with Crippen molar-refractivity contribution in [1.29, 1.82) is 0 Å². The molecule has 1 N–H and O–H groups in total. The maximum Gasteiger partial charge on any atom is 0.277 e. The van der Waals surface area contributed by atoms with Gasteiger partial charge in [0.25, 0.3) is 5.91 Å². The molecule has 3 rings (SSSR count). The molecule has 1 amide bonds. The number of aromatic nitrogens is 4. The first kappa shape index (κ1) is 17.1. The number of hydrogen-bond acceptors (Lipinski definition) is 6. The van der Waals surface area contributed by atoms with E-state index in [4.69, 9.17) is 4.74 Å². The van der Waals surface area contributed by atoms with Crippen LogP contribution < -0.4 is 10.1 Å². The lowest BCUT2D eigenvalue weighted by molar-refractivity contribution is 0.102. The monoisotopic (exact) mass is 357 g/mol. The molecule has 8 heteroatoms. The molecule has 0 aliphatic carbocycles. The molecule has 0 aliphatic rings. The molecular weight excluding hydrogens is 338 g/mol. The maximum absolute atomic E-state index is 12.3.